The highest BCUT2D eigenvalue weighted by Gasteiger charge is 2.25. The van der Waals surface area contributed by atoms with Crippen LogP contribution in [0.5, 0.6) is 0 Å². The first kappa shape index (κ1) is 12.0. The molecule has 0 bridgehead atoms. The van der Waals surface area contributed by atoms with Crippen molar-refractivity contribution in [2.75, 3.05) is 0 Å². The first-order chi connectivity index (χ1) is 9.70. The number of benzene rings is 1. The zero-order valence-electron chi connectivity index (χ0n) is 11.7. The largest absolute Gasteiger partial charge is 0.339 e. The van der Waals surface area contributed by atoms with Gasteiger partial charge in [-0.2, -0.15) is 0 Å². The third kappa shape index (κ3) is 1.44. The number of aryl methyl sites for hydroxylation is 3. The zero-order chi connectivity index (χ0) is 13.9. The van der Waals surface area contributed by atoms with Gasteiger partial charge in [0, 0.05) is 29.0 Å². The fourth-order valence-corrected chi connectivity index (χ4v) is 3.61. The van der Waals surface area contributed by atoms with E-state index < -0.39 is 0 Å². The zero-order valence-corrected chi connectivity index (χ0v) is 12.4. The molecule has 3 heterocycles. The first-order valence-corrected chi connectivity index (χ1v) is 7.41. The first-order valence-electron chi connectivity index (χ1n) is 7.04. The normalized spacial score (nSPS) is 13.6. The van der Waals surface area contributed by atoms with Gasteiger partial charge in [-0.3, -0.25) is 0 Å². The molecule has 20 heavy (non-hydrogen) atoms. The Morgan fingerprint density at radius 2 is 2.20 bits per heavy atom. The Kier molecular flexibility index (Phi) is 2.48. The Morgan fingerprint density at radius 1 is 1.35 bits per heavy atom. The number of hydrogen-bond acceptors (Lipinski definition) is 1. The highest BCUT2D eigenvalue weighted by atomic mass is 35.5. The summed E-state index contributed by atoms with van der Waals surface area (Å²) in [4.78, 5) is 4.48. The van der Waals surface area contributed by atoms with E-state index in [1.807, 2.05) is 12.3 Å². The molecule has 0 atom stereocenters. The van der Waals surface area contributed by atoms with Gasteiger partial charge >= 0.3 is 0 Å². The highest BCUT2D eigenvalue weighted by Crippen LogP contribution is 2.38. The summed E-state index contributed by atoms with van der Waals surface area (Å²) in [7, 11) is 0. The molecule has 0 saturated heterocycles. The predicted molar refractivity (Wildman–Crippen MR) is 82.3 cm³/mol. The van der Waals surface area contributed by atoms with E-state index in [4.69, 9.17) is 11.6 Å². The third-order valence-corrected chi connectivity index (χ3v) is 4.56. The minimum Gasteiger partial charge on any atom is -0.339 e. The van der Waals surface area contributed by atoms with Crippen molar-refractivity contribution in [3.05, 3.63) is 40.8 Å². The van der Waals surface area contributed by atoms with E-state index in [1.165, 1.54) is 27.9 Å². The Balaban J connectivity index is 2.14. The van der Waals surface area contributed by atoms with E-state index in [0.717, 1.165) is 30.4 Å². The van der Waals surface area contributed by atoms with E-state index in [-0.39, 0.29) is 0 Å². The summed E-state index contributed by atoms with van der Waals surface area (Å²) in [5, 5.41) is 2.10. The van der Waals surface area contributed by atoms with E-state index >= 15 is 0 Å². The van der Waals surface area contributed by atoms with Crippen LogP contribution in [0, 0.1) is 6.92 Å². The van der Waals surface area contributed by atoms with Gasteiger partial charge in [0.1, 0.15) is 5.82 Å². The van der Waals surface area contributed by atoms with Gasteiger partial charge in [-0.1, -0.05) is 11.6 Å². The number of rotatable bonds is 1. The van der Waals surface area contributed by atoms with Crippen LogP contribution in [0.15, 0.2) is 24.4 Å². The molecule has 1 aromatic carbocycles. The second-order valence-corrected chi connectivity index (χ2v) is 5.76. The molecular weight excluding hydrogens is 270 g/mol. The molecule has 0 aliphatic carbocycles. The van der Waals surface area contributed by atoms with Crippen LogP contribution < -0.4 is 0 Å². The van der Waals surface area contributed by atoms with Gasteiger partial charge in [0.15, 0.2) is 0 Å². The average molecular weight is 286 g/mol. The van der Waals surface area contributed by atoms with Crippen LogP contribution in [-0.4, -0.2) is 14.1 Å². The van der Waals surface area contributed by atoms with Gasteiger partial charge < -0.3 is 9.13 Å². The second-order valence-electron chi connectivity index (χ2n) is 5.33. The minimum atomic E-state index is 0.809. The van der Waals surface area contributed by atoms with Gasteiger partial charge in [0.2, 0.25) is 0 Å². The molecule has 1 aliphatic rings. The monoisotopic (exact) mass is 285 g/mol. The van der Waals surface area contributed by atoms with Crippen molar-refractivity contribution in [1.82, 2.24) is 14.1 Å². The third-order valence-electron chi connectivity index (χ3n) is 4.33. The van der Waals surface area contributed by atoms with Crippen LogP contribution >= 0.6 is 11.6 Å². The smallest absolute Gasteiger partial charge is 0.106 e. The molecule has 0 saturated carbocycles. The van der Waals surface area contributed by atoms with Crippen molar-refractivity contribution in [2.24, 2.45) is 0 Å². The van der Waals surface area contributed by atoms with Crippen LogP contribution in [0.25, 0.3) is 22.3 Å². The quantitative estimate of drug-likeness (QED) is 0.661. The highest BCUT2D eigenvalue weighted by molar-refractivity contribution is 6.31. The summed E-state index contributed by atoms with van der Waals surface area (Å²) < 4.78 is 4.70. The Morgan fingerprint density at radius 3 is 3.00 bits per heavy atom. The lowest BCUT2D eigenvalue weighted by Gasteiger charge is -2.19. The maximum absolute atomic E-state index is 6.19. The maximum atomic E-state index is 6.19. The van der Waals surface area contributed by atoms with Crippen LogP contribution in [0.4, 0.5) is 0 Å². The molecule has 0 unspecified atom stereocenters. The molecule has 0 radical (unpaired) electrons. The number of hydrogen-bond donors (Lipinski definition) is 0. The standard InChI is InChI=1S/C16H16ClN3/c1-3-19-14-5-4-11(17)8-13(14)12-6-7-20-10(2)18-9-15(20)16(12)19/h4-5,8-9H,3,6-7H2,1-2H3. The van der Waals surface area contributed by atoms with Crippen molar-refractivity contribution in [3.8, 4) is 11.4 Å². The van der Waals surface area contributed by atoms with E-state index in [9.17, 15) is 0 Å². The fraction of sp³-hybridized carbons (Fsp3) is 0.312. The molecule has 0 spiro atoms. The lowest BCUT2D eigenvalue weighted by molar-refractivity contribution is 0.652. The van der Waals surface area contributed by atoms with Crippen LogP contribution in [-0.2, 0) is 19.5 Å². The molecule has 0 amide bonds. The van der Waals surface area contributed by atoms with Crippen molar-refractivity contribution >= 4 is 22.5 Å². The lowest BCUT2D eigenvalue weighted by Crippen LogP contribution is -2.13. The molecule has 0 N–H and O–H groups in total. The van der Waals surface area contributed by atoms with Crippen molar-refractivity contribution in [2.45, 2.75) is 33.4 Å². The second kappa shape index (κ2) is 4.13. The summed E-state index contributed by atoms with van der Waals surface area (Å²) in [6.07, 6.45) is 3.04. The average Bonchev–Trinajstić information content (AvgIpc) is 2.97. The maximum Gasteiger partial charge on any atom is 0.106 e. The van der Waals surface area contributed by atoms with Crippen LogP contribution in [0.1, 0.15) is 18.3 Å². The summed E-state index contributed by atoms with van der Waals surface area (Å²) in [6.45, 7) is 6.22. The van der Waals surface area contributed by atoms with Crippen molar-refractivity contribution in [3.63, 3.8) is 0 Å². The molecule has 3 aromatic rings. The summed E-state index contributed by atoms with van der Waals surface area (Å²) in [5.41, 5.74) is 5.24. The van der Waals surface area contributed by atoms with Gasteiger partial charge in [0.05, 0.1) is 17.6 Å². The van der Waals surface area contributed by atoms with Crippen LogP contribution in [0.2, 0.25) is 5.02 Å². The van der Waals surface area contributed by atoms with E-state index in [0.29, 0.717) is 0 Å². The Labute approximate surface area is 122 Å². The van der Waals surface area contributed by atoms with Crippen molar-refractivity contribution in [1.29, 1.82) is 0 Å². The number of nitrogens with zero attached hydrogens (tertiary/aromatic N) is 3. The molecule has 2 aromatic heterocycles. The Hall–Kier alpha value is -1.74. The topological polar surface area (TPSA) is 22.8 Å². The molecule has 4 heteroatoms. The number of halogens is 1. The van der Waals surface area contributed by atoms with Gasteiger partial charge in [0.25, 0.3) is 0 Å². The molecule has 1 aliphatic heterocycles. The number of imidazole rings is 1. The van der Waals surface area contributed by atoms with E-state index in [2.05, 4.69) is 40.1 Å². The number of fused-ring (bicyclic) bond motifs is 5. The molecule has 4 rings (SSSR count). The summed E-state index contributed by atoms with van der Waals surface area (Å²) >= 11 is 6.19. The van der Waals surface area contributed by atoms with Gasteiger partial charge in [-0.15, -0.1) is 0 Å². The Bertz CT molecular complexity index is 826. The van der Waals surface area contributed by atoms with Crippen molar-refractivity contribution < 1.29 is 0 Å². The summed E-state index contributed by atoms with van der Waals surface area (Å²) in [5.74, 6) is 1.09. The van der Waals surface area contributed by atoms with Crippen LogP contribution in [0.3, 0.4) is 0 Å². The number of aromatic nitrogens is 3. The van der Waals surface area contributed by atoms with Gasteiger partial charge in [-0.25, -0.2) is 4.98 Å². The SMILES string of the molecule is CCn1c2c(c3cc(Cl)ccc31)CCn1c-2cnc1C. The summed E-state index contributed by atoms with van der Waals surface area (Å²) in [6, 6.07) is 6.21. The molecule has 3 nitrogen and oxygen atoms in total. The molecule has 0 fully saturated rings. The predicted octanol–water partition coefficient (Wildman–Crippen LogP) is 4.04. The van der Waals surface area contributed by atoms with Gasteiger partial charge in [-0.05, 0) is 44.0 Å². The van der Waals surface area contributed by atoms with E-state index in [1.54, 1.807) is 0 Å². The lowest BCUT2D eigenvalue weighted by atomic mass is 10.0. The minimum absolute atomic E-state index is 0.809. The molecule has 102 valence electrons. The molecular formula is C16H16ClN3. The fourth-order valence-electron chi connectivity index (χ4n) is 3.43.